The molecule has 0 rings (SSSR count). The van der Waals surface area contributed by atoms with Crippen molar-refractivity contribution in [3.05, 3.63) is 7.11 Å². The first-order valence-electron chi connectivity index (χ1n) is 10.7. The number of carbonyl (C=O) groups is 36. The molecule has 1 N–H and O–H groups in total. The number of hydrogen-bond donors (Lipinski definition) is 1. The molecule has 0 saturated carbocycles. The molecular weight excluding hydrogens is 1200 g/mol. The molecule has 0 aromatic heterocycles. The second kappa shape index (κ2) is 2550. The molecule has 0 aromatic rings. The normalized spacial score (nSPS) is 1.95. The second-order valence-corrected chi connectivity index (χ2v) is 0. The third-order valence-electron chi connectivity index (χ3n) is 0. The van der Waals surface area contributed by atoms with Gasteiger partial charge in [-0.2, -0.15) is 0 Å². The van der Waals surface area contributed by atoms with Crippen LogP contribution in [0.1, 0.15) is 0 Å². The molecule has 0 radical (unpaired) electrons. The van der Waals surface area contributed by atoms with Crippen molar-refractivity contribution in [2.24, 2.45) is 0 Å². The van der Waals surface area contributed by atoms with Gasteiger partial charge in [0.15, 0.2) is 0 Å². The molecule has 0 bridgehead atoms. The van der Waals surface area contributed by atoms with E-state index in [1.807, 2.05) is 244 Å². The second-order valence-electron chi connectivity index (χ2n) is 0. The van der Waals surface area contributed by atoms with E-state index in [2.05, 4.69) is 7.11 Å². The number of hydrogen-bond acceptors (Lipinski definition) is 37. The number of rotatable bonds is 0. The van der Waals surface area contributed by atoms with Crippen LogP contribution in [-0.4, -0.2) is 250 Å². The van der Waals surface area contributed by atoms with Crippen LogP contribution in [0.4, 0.5) is 0 Å². The van der Waals surface area contributed by atoms with Crippen LogP contribution in [-0.2, 0) is 224 Å². The van der Waals surface area contributed by atoms with E-state index >= 15 is 0 Å². The summed E-state index contributed by atoms with van der Waals surface area (Å²) in [5.74, 6) is 0. The quantitative estimate of drug-likeness (QED) is 0.174. The van der Waals surface area contributed by atoms with Crippen molar-refractivity contribution >= 4 is 244 Å². The summed E-state index contributed by atoms with van der Waals surface area (Å²) < 4.78 is 0. The summed E-state index contributed by atoms with van der Waals surface area (Å²) in [6.07, 6.45) is 0. The fraction of sp³-hybridized carbons (Fsp3) is 0. The van der Waals surface area contributed by atoms with Crippen molar-refractivity contribution in [3.63, 3.8) is 0 Å². The van der Waals surface area contributed by atoms with E-state index < -0.39 is 0 Å². The molecule has 0 aliphatic carbocycles. The standard InChI is InChI=1S/CH3O.36CH2O.3Fe/c37*1-2;;;/h2H,1H2;36*1H2;;;/q-1;;;;;;;;;;;;;;;;;;;;;;;;;;;;;;;;;;;;;;;. The van der Waals surface area contributed by atoms with Crippen molar-refractivity contribution in [2.45, 2.75) is 0 Å². The van der Waals surface area contributed by atoms with Gasteiger partial charge in [0.2, 0.25) is 0 Å². The Kier molecular flexibility index (Phi) is 13400. The summed E-state index contributed by atoms with van der Waals surface area (Å²) in [5, 5.41) is 6.75. The van der Waals surface area contributed by atoms with Gasteiger partial charge in [-0.25, -0.2) is 7.11 Å². The molecule has 470 valence electrons. The van der Waals surface area contributed by atoms with E-state index in [0.717, 1.165) is 0 Å². The van der Waals surface area contributed by atoms with E-state index in [1.165, 1.54) is 0 Å². The van der Waals surface area contributed by atoms with E-state index in [9.17, 15) is 0 Å². The summed E-state index contributed by atoms with van der Waals surface area (Å²) in [7, 11) is 2.25. The minimum absolute atomic E-state index is 0. The fourth-order valence-corrected chi connectivity index (χ4v) is 0. The average molecular weight is 1280 g/mol. The number of carbonyl (C=O) groups excluding carboxylic acids is 36. The van der Waals surface area contributed by atoms with Crippen LogP contribution < -0.4 is 0 Å². The molecule has 0 unspecified atom stereocenters. The third-order valence-corrected chi connectivity index (χ3v) is 0. The number of aliphatic hydroxyl groups excluding tert-OH is 1. The van der Waals surface area contributed by atoms with Crippen molar-refractivity contribution in [2.75, 3.05) is 0 Å². The molecule has 0 spiro atoms. The van der Waals surface area contributed by atoms with Gasteiger partial charge in [0.05, 0.1) is 0 Å². The zero-order chi connectivity index (χ0) is 74.0. The Morgan fingerprint density at radius 3 is 0.0909 bits per heavy atom. The average Bonchev–Trinajstić information content (AvgIpc) is 3.65. The Balaban J connectivity index is -0.00000000480. The van der Waals surface area contributed by atoms with Gasteiger partial charge in [-0.1, -0.05) is 0 Å². The summed E-state index contributed by atoms with van der Waals surface area (Å²) in [4.78, 5) is 288. The maximum atomic E-state index is 8.00. The largest absolute Gasteiger partial charge is 0.569 e. The first-order chi connectivity index (χ1) is 37.0. The number of aliphatic hydroxyl groups is 1. The van der Waals surface area contributed by atoms with E-state index in [-0.39, 0.29) is 51.2 Å². The zero-order valence-corrected chi connectivity index (χ0v) is 45.7. The van der Waals surface area contributed by atoms with Gasteiger partial charge in [0, 0.05) is 51.2 Å². The smallest absolute Gasteiger partial charge is 0.106 e. The molecule has 77 heavy (non-hydrogen) atoms. The Morgan fingerprint density at radius 1 is 0.0909 bits per heavy atom. The monoisotopic (exact) mass is 1280 g/mol. The van der Waals surface area contributed by atoms with E-state index in [1.54, 1.807) is 0 Å². The van der Waals surface area contributed by atoms with Gasteiger partial charge in [-0.3, -0.25) is 0 Å². The van der Waals surface area contributed by atoms with Crippen LogP contribution in [0.5, 0.6) is 0 Å². The minimum atomic E-state index is 0. The molecule has 40 heteroatoms. The Labute approximate surface area is 478 Å². The van der Waals surface area contributed by atoms with Gasteiger partial charge >= 0.3 is 0 Å². The van der Waals surface area contributed by atoms with Crippen LogP contribution in [0, 0.1) is 7.11 Å². The topological polar surface area (TPSA) is 635 Å². The van der Waals surface area contributed by atoms with E-state index in [4.69, 9.17) is 178 Å². The van der Waals surface area contributed by atoms with Crippen LogP contribution in [0.15, 0.2) is 0 Å². The van der Waals surface area contributed by atoms with Crippen LogP contribution >= 0.6 is 0 Å². The van der Waals surface area contributed by atoms with E-state index in [0.29, 0.717) is 0 Å². The van der Waals surface area contributed by atoms with Crippen LogP contribution in [0.2, 0.25) is 0 Å². The molecule has 0 aromatic carbocycles. The van der Waals surface area contributed by atoms with Gasteiger partial charge in [-0.15, -0.1) is 0 Å². The molecule has 0 aliphatic heterocycles. The third kappa shape index (κ3) is 2480. The molecule has 0 amide bonds. The first kappa shape index (κ1) is 405. The predicted octanol–water partition coefficient (Wildman–Crippen LogP) is -6.51. The maximum absolute atomic E-state index is 8.00. The van der Waals surface area contributed by atoms with Crippen molar-refractivity contribution in [3.8, 4) is 0 Å². The Bertz CT molecular complexity index is 278. The minimum Gasteiger partial charge on any atom is -0.569 e. The Morgan fingerprint density at radius 2 is 0.0909 bits per heavy atom. The first-order valence-corrected chi connectivity index (χ1v) is 10.7. The Hall–Kier alpha value is -10.4. The van der Waals surface area contributed by atoms with Crippen LogP contribution in [0.25, 0.3) is 0 Å². The summed E-state index contributed by atoms with van der Waals surface area (Å²) >= 11 is 0. The molecule has 0 aliphatic rings. The summed E-state index contributed by atoms with van der Waals surface area (Å²) in [5.41, 5.74) is 0. The van der Waals surface area contributed by atoms with Crippen molar-refractivity contribution in [1.82, 2.24) is 0 Å². The molecule has 0 saturated heterocycles. The molecule has 0 fully saturated rings. The zero-order valence-electron chi connectivity index (χ0n) is 42.4. The van der Waals surface area contributed by atoms with Crippen molar-refractivity contribution < 1.29 is 229 Å². The SMILES string of the molecule is C=O.C=O.C=O.C=O.C=O.C=O.C=O.C=O.C=O.C=O.C=O.C=O.C=O.C=O.C=O.C=O.C=O.C=O.C=O.C=O.C=O.C=O.C=O.C=O.C=O.C=O.C=O.C=O.C=O.C=O.C=O.C=O.C=O.C=O.C=O.C=O.[CH2-]O.[Fe].[Fe].[Fe]. The molecule has 0 heterocycles. The van der Waals surface area contributed by atoms with Gasteiger partial charge in [0.1, 0.15) is 244 Å². The van der Waals surface area contributed by atoms with Gasteiger partial charge in [0.25, 0.3) is 0 Å². The fourth-order valence-electron chi connectivity index (χ4n) is 0. The predicted molar refractivity (Wildman–Crippen MR) is 264 cm³/mol. The van der Waals surface area contributed by atoms with Gasteiger partial charge in [-0.05, 0) is 0 Å². The molecule has 0 atom stereocenters. The summed E-state index contributed by atoms with van der Waals surface area (Å²) in [6, 6.07) is 0. The van der Waals surface area contributed by atoms with Gasteiger partial charge < -0.3 is 178 Å². The maximum Gasteiger partial charge on any atom is 0.106 e. The van der Waals surface area contributed by atoms with Crippen LogP contribution in [0.3, 0.4) is 0 Å². The van der Waals surface area contributed by atoms with Crippen molar-refractivity contribution in [1.29, 1.82) is 0 Å². The summed E-state index contributed by atoms with van der Waals surface area (Å²) in [6.45, 7) is 72.0. The molecular formula is C37H75Fe3O37-. The molecule has 37 nitrogen and oxygen atoms in total.